The number of nitrogens with one attached hydrogen (secondary N) is 1. The molecule has 0 aliphatic heterocycles. The number of halogens is 1. The fourth-order valence-corrected chi connectivity index (χ4v) is 5.07. The van der Waals surface area contributed by atoms with Crippen molar-refractivity contribution in [3.8, 4) is 5.75 Å². The van der Waals surface area contributed by atoms with Crippen molar-refractivity contribution < 1.29 is 24.2 Å². The van der Waals surface area contributed by atoms with Gasteiger partial charge in [-0.3, -0.25) is 4.79 Å². The number of methoxy groups -OCH3 is 2. The highest BCUT2D eigenvalue weighted by atomic mass is 35.5. The maximum absolute atomic E-state index is 13.3. The second kappa shape index (κ2) is 12.8. The summed E-state index contributed by atoms with van der Waals surface area (Å²) < 4.78 is 10.1. The number of aliphatic hydroxyl groups is 1. The molecule has 2 aromatic carbocycles. The summed E-state index contributed by atoms with van der Waals surface area (Å²) in [5.74, 6) is -0.483. The van der Waals surface area contributed by atoms with Crippen LogP contribution in [0.2, 0.25) is 5.02 Å². The van der Waals surface area contributed by atoms with Crippen LogP contribution in [0.5, 0.6) is 5.75 Å². The van der Waals surface area contributed by atoms with E-state index in [1.807, 2.05) is 39.0 Å². The molecule has 204 valence electrons. The van der Waals surface area contributed by atoms with E-state index in [0.29, 0.717) is 16.5 Å². The summed E-state index contributed by atoms with van der Waals surface area (Å²) in [6.45, 7) is 12.7. The van der Waals surface area contributed by atoms with Crippen LogP contribution in [0.1, 0.15) is 75.9 Å². The standard InChI is InChI=1S/C30H42ClNO5/c1-19(2)24(18-33)30(6,21-10-9-20(25(31)15-21)13-14-29(3,4)5)17-27(34)32-22-11-12-23(28(35)37-8)26(16-22)36-7/h9-12,15-16,19,24,33H,13-14,17-18H2,1-8H3,(H,32,34)/t24?,30-/m0/s1. The Labute approximate surface area is 226 Å². The van der Waals surface area contributed by atoms with E-state index >= 15 is 0 Å². The quantitative estimate of drug-likeness (QED) is 0.316. The molecular weight excluding hydrogens is 490 g/mol. The maximum atomic E-state index is 13.3. The smallest absolute Gasteiger partial charge is 0.341 e. The molecular formula is C30H42ClNO5. The zero-order valence-electron chi connectivity index (χ0n) is 23.4. The molecule has 1 unspecified atom stereocenters. The summed E-state index contributed by atoms with van der Waals surface area (Å²) in [6.07, 6.45) is 2.02. The molecule has 0 heterocycles. The molecule has 0 aliphatic carbocycles. The number of rotatable bonds is 11. The van der Waals surface area contributed by atoms with E-state index in [4.69, 9.17) is 21.1 Å². The van der Waals surface area contributed by atoms with Crippen molar-refractivity contribution in [3.63, 3.8) is 0 Å². The molecule has 2 N–H and O–H groups in total. The minimum atomic E-state index is -0.671. The van der Waals surface area contributed by atoms with E-state index in [0.717, 1.165) is 24.0 Å². The molecule has 7 heteroatoms. The first-order valence-electron chi connectivity index (χ1n) is 12.7. The Morgan fingerprint density at radius 3 is 2.24 bits per heavy atom. The van der Waals surface area contributed by atoms with Crippen LogP contribution in [0.25, 0.3) is 0 Å². The van der Waals surface area contributed by atoms with Crippen LogP contribution in [0.4, 0.5) is 5.69 Å². The van der Waals surface area contributed by atoms with Crippen LogP contribution >= 0.6 is 11.6 Å². The molecule has 0 aromatic heterocycles. The van der Waals surface area contributed by atoms with E-state index in [1.54, 1.807) is 18.2 Å². The van der Waals surface area contributed by atoms with E-state index in [9.17, 15) is 14.7 Å². The summed E-state index contributed by atoms with van der Waals surface area (Å²) in [5, 5.41) is 13.9. The maximum Gasteiger partial charge on any atom is 0.341 e. The van der Waals surface area contributed by atoms with E-state index in [-0.39, 0.29) is 41.7 Å². The minimum Gasteiger partial charge on any atom is -0.496 e. The zero-order chi connectivity index (χ0) is 28.0. The number of esters is 1. The molecule has 0 saturated carbocycles. The lowest BCUT2D eigenvalue weighted by atomic mass is 9.65. The lowest BCUT2D eigenvalue weighted by Gasteiger charge is -2.39. The fraction of sp³-hybridized carbons (Fsp3) is 0.533. The number of anilines is 1. The normalized spacial score (nSPS) is 14.1. The van der Waals surface area contributed by atoms with E-state index in [2.05, 4.69) is 26.1 Å². The molecule has 2 atom stereocenters. The van der Waals surface area contributed by atoms with Crippen LogP contribution in [0.3, 0.4) is 0 Å². The SMILES string of the molecule is COC(=O)c1ccc(NC(=O)C[C@@](C)(c2ccc(CCC(C)(C)C)c(Cl)c2)C(CO)C(C)C)cc1OC. The van der Waals surface area contributed by atoms with Gasteiger partial charge in [-0.25, -0.2) is 4.79 Å². The fourth-order valence-electron chi connectivity index (χ4n) is 4.80. The number of carbonyl (C=O) groups is 2. The molecule has 0 radical (unpaired) electrons. The van der Waals surface area contributed by atoms with Crippen molar-refractivity contribution in [2.75, 3.05) is 26.1 Å². The Morgan fingerprint density at radius 2 is 1.73 bits per heavy atom. The van der Waals surface area contributed by atoms with Gasteiger partial charge in [-0.05, 0) is 59.4 Å². The van der Waals surface area contributed by atoms with Crippen molar-refractivity contribution in [2.24, 2.45) is 17.3 Å². The van der Waals surface area contributed by atoms with Crippen molar-refractivity contribution in [2.45, 2.75) is 66.2 Å². The number of hydrogen-bond donors (Lipinski definition) is 2. The molecule has 0 fully saturated rings. The van der Waals surface area contributed by atoms with Gasteiger partial charge in [0.05, 0.1) is 14.2 Å². The van der Waals surface area contributed by atoms with Gasteiger partial charge in [0.15, 0.2) is 0 Å². The highest BCUT2D eigenvalue weighted by molar-refractivity contribution is 6.31. The third kappa shape index (κ3) is 7.96. The van der Waals surface area contributed by atoms with Gasteiger partial charge in [-0.2, -0.15) is 0 Å². The molecule has 2 aromatic rings. The van der Waals surface area contributed by atoms with Gasteiger partial charge < -0.3 is 19.9 Å². The molecule has 0 spiro atoms. The highest BCUT2D eigenvalue weighted by Crippen LogP contribution is 2.41. The van der Waals surface area contributed by atoms with Gasteiger partial charge in [0.1, 0.15) is 11.3 Å². The molecule has 2 rings (SSSR count). The molecule has 6 nitrogen and oxygen atoms in total. The van der Waals surface area contributed by atoms with Crippen LogP contribution < -0.4 is 10.1 Å². The molecule has 1 amide bonds. The first-order chi connectivity index (χ1) is 17.2. The minimum absolute atomic E-state index is 0.0630. The largest absolute Gasteiger partial charge is 0.496 e. The molecule has 37 heavy (non-hydrogen) atoms. The first-order valence-corrected chi connectivity index (χ1v) is 13.1. The number of amides is 1. The number of aryl methyl sites for hydroxylation is 1. The average molecular weight is 532 g/mol. The summed E-state index contributed by atoms with van der Waals surface area (Å²) in [7, 11) is 2.75. The second-order valence-corrected chi connectivity index (χ2v) is 11.9. The Balaban J connectivity index is 2.37. The Bertz CT molecular complexity index is 1090. The molecule has 0 saturated heterocycles. The van der Waals surface area contributed by atoms with Crippen molar-refractivity contribution >= 4 is 29.2 Å². The van der Waals surface area contributed by atoms with Crippen LogP contribution in [-0.2, 0) is 21.4 Å². The van der Waals surface area contributed by atoms with Crippen molar-refractivity contribution in [1.29, 1.82) is 0 Å². The lowest BCUT2D eigenvalue weighted by Crippen LogP contribution is -2.41. The van der Waals surface area contributed by atoms with Crippen LogP contribution in [-0.4, -0.2) is 37.8 Å². The summed E-state index contributed by atoms with van der Waals surface area (Å²) in [6, 6.07) is 10.8. The average Bonchev–Trinajstić information content (AvgIpc) is 2.82. The number of aliphatic hydroxyl groups excluding tert-OH is 1. The van der Waals surface area contributed by atoms with Crippen molar-refractivity contribution in [3.05, 3.63) is 58.1 Å². The predicted octanol–water partition coefficient (Wildman–Crippen LogP) is 6.66. The number of hydrogen-bond acceptors (Lipinski definition) is 5. The highest BCUT2D eigenvalue weighted by Gasteiger charge is 2.39. The van der Waals surface area contributed by atoms with Crippen molar-refractivity contribution in [1.82, 2.24) is 0 Å². The number of ether oxygens (including phenoxy) is 2. The second-order valence-electron chi connectivity index (χ2n) is 11.4. The van der Waals surface area contributed by atoms with E-state index < -0.39 is 11.4 Å². The van der Waals surface area contributed by atoms with E-state index in [1.165, 1.54) is 14.2 Å². The van der Waals surface area contributed by atoms with Gasteiger partial charge >= 0.3 is 5.97 Å². The third-order valence-corrected chi connectivity index (χ3v) is 7.45. The van der Waals surface area contributed by atoms with Gasteiger partial charge in [0.25, 0.3) is 0 Å². The Morgan fingerprint density at radius 1 is 1.05 bits per heavy atom. The Kier molecular flexibility index (Phi) is 10.6. The molecule has 0 bridgehead atoms. The third-order valence-electron chi connectivity index (χ3n) is 7.10. The van der Waals surface area contributed by atoms with Gasteiger partial charge in [0.2, 0.25) is 5.91 Å². The first kappa shape index (κ1) is 30.7. The lowest BCUT2D eigenvalue weighted by molar-refractivity contribution is -0.118. The van der Waals surface area contributed by atoms with Crippen LogP contribution in [0, 0.1) is 17.3 Å². The van der Waals surface area contributed by atoms with Gasteiger partial charge in [0, 0.05) is 35.2 Å². The summed E-state index contributed by atoms with van der Waals surface area (Å²) in [5.41, 5.74) is 2.29. The number of carbonyl (C=O) groups excluding carboxylic acids is 2. The monoisotopic (exact) mass is 531 g/mol. The van der Waals surface area contributed by atoms with Gasteiger partial charge in [-0.1, -0.05) is 65.3 Å². The zero-order valence-corrected chi connectivity index (χ0v) is 24.2. The Hall–Kier alpha value is -2.57. The van der Waals surface area contributed by atoms with Crippen LogP contribution in [0.15, 0.2) is 36.4 Å². The topological polar surface area (TPSA) is 84.9 Å². The number of benzene rings is 2. The molecule has 0 aliphatic rings. The summed E-state index contributed by atoms with van der Waals surface area (Å²) >= 11 is 6.73. The predicted molar refractivity (Wildman–Crippen MR) is 150 cm³/mol. The van der Waals surface area contributed by atoms with Gasteiger partial charge in [-0.15, -0.1) is 0 Å². The summed E-state index contributed by atoms with van der Waals surface area (Å²) in [4.78, 5) is 25.3.